The third kappa shape index (κ3) is 3.04. The molecule has 0 unspecified atom stereocenters. The first-order valence-electron chi connectivity index (χ1n) is 7.19. The van der Waals surface area contributed by atoms with E-state index in [9.17, 15) is 9.90 Å². The number of fused-ring (bicyclic) bond motifs is 1. The molecule has 6 nitrogen and oxygen atoms in total. The smallest absolute Gasteiger partial charge is 0.269 e. The summed E-state index contributed by atoms with van der Waals surface area (Å²) in [5.74, 6) is 0.954. The van der Waals surface area contributed by atoms with Gasteiger partial charge in [0.2, 0.25) is 0 Å². The molecule has 2 aromatic heterocycles. The van der Waals surface area contributed by atoms with Crippen molar-refractivity contribution in [2.75, 3.05) is 0 Å². The van der Waals surface area contributed by atoms with Crippen molar-refractivity contribution in [3.05, 3.63) is 41.7 Å². The molecule has 0 atom stereocenters. The normalized spacial score (nSPS) is 14.3. The van der Waals surface area contributed by atoms with Crippen LogP contribution in [0.2, 0.25) is 0 Å². The zero-order valence-electron chi connectivity index (χ0n) is 11.7. The molecule has 0 saturated heterocycles. The second-order valence-corrected chi connectivity index (χ2v) is 5.26. The minimum atomic E-state index is -0.140. The number of aromatic hydroxyl groups is 1. The average Bonchev–Trinajstić information content (AvgIpc) is 2.74. The highest BCUT2D eigenvalue weighted by atomic mass is 16.3. The molecular weight excluding hydrogens is 268 g/mol. The number of amides is 1. The van der Waals surface area contributed by atoms with Crippen LogP contribution in [0.5, 0.6) is 5.75 Å². The standard InChI is InChI=1S/C15H18N4O2/c20-12-6-11(7-16-9-12)8-18-15(21)13-10-17-14-4-2-1-3-5-19(13)14/h6-7,9-10,20H,1-5,8H2,(H,18,21). The van der Waals surface area contributed by atoms with Gasteiger partial charge in [-0.2, -0.15) is 0 Å². The van der Waals surface area contributed by atoms with Crippen LogP contribution in [-0.4, -0.2) is 25.5 Å². The van der Waals surface area contributed by atoms with E-state index in [1.165, 1.54) is 12.6 Å². The van der Waals surface area contributed by atoms with Crippen molar-refractivity contribution in [3.63, 3.8) is 0 Å². The molecule has 0 radical (unpaired) electrons. The van der Waals surface area contributed by atoms with Gasteiger partial charge in [-0.05, 0) is 24.5 Å². The SMILES string of the molecule is O=C(NCc1cncc(O)c1)c1cnc2n1CCCCC2. The number of aromatic nitrogens is 3. The van der Waals surface area contributed by atoms with Crippen LogP contribution < -0.4 is 5.32 Å². The molecule has 6 heteroatoms. The van der Waals surface area contributed by atoms with Crippen LogP contribution in [0.15, 0.2) is 24.7 Å². The summed E-state index contributed by atoms with van der Waals surface area (Å²) in [7, 11) is 0. The van der Waals surface area contributed by atoms with Crippen molar-refractivity contribution in [2.45, 2.75) is 38.8 Å². The lowest BCUT2D eigenvalue weighted by Crippen LogP contribution is -2.25. The van der Waals surface area contributed by atoms with Crippen LogP contribution in [0.1, 0.15) is 41.1 Å². The number of rotatable bonds is 3. The summed E-state index contributed by atoms with van der Waals surface area (Å²) in [6, 6.07) is 1.59. The highest BCUT2D eigenvalue weighted by Gasteiger charge is 2.17. The van der Waals surface area contributed by atoms with Gasteiger partial charge in [0.1, 0.15) is 17.3 Å². The summed E-state index contributed by atoms with van der Waals surface area (Å²) >= 11 is 0. The van der Waals surface area contributed by atoms with Crippen LogP contribution >= 0.6 is 0 Å². The summed E-state index contributed by atoms with van der Waals surface area (Å²) in [6.07, 6.45) is 8.96. The maximum absolute atomic E-state index is 12.3. The summed E-state index contributed by atoms with van der Waals surface area (Å²) < 4.78 is 2.02. The van der Waals surface area contributed by atoms with E-state index in [0.29, 0.717) is 12.2 Å². The lowest BCUT2D eigenvalue weighted by atomic mass is 10.2. The number of carbonyl (C=O) groups excluding carboxylic acids is 1. The molecule has 0 saturated carbocycles. The minimum absolute atomic E-state index is 0.0972. The van der Waals surface area contributed by atoms with Crippen molar-refractivity contribution in [1.29, 1.82) is 0 Å². The zero-order valence-corrected chi connectivity index (χ0v) is 11.7. The van der Waals surface area contributed by atoms with E-state index < -0.39 is 0 Å². The second kappa shape index (κ2) is 5.95. The quantitative estimate of drug-likeness (QED) is 0.899. The number of pyridine rings is 1. The second-order valence-electron chi connectivity index (χ2n) is 5.26. The fraction of sp³-hybridized carbons (Fsp3) is 0.400. The van der Waals surface area contributed by atoms with E-state index in [1.54, 1.807) is 18.5 Å². The van der Waals surface area contributed by atoms with E-state index >= 15 is 0 Å². The molecule has 3 heterocycles. The summed E-state index contributed by atoms with van der Waals surface area (Å²) in [5.41, 5.74) is 1.37. The minimum Gasteiger partial charge on any atom is -0.506 e. The van der Waals surface area contributed by atoms with Gasteiger partial charge < -0.3 is 15.0 Å². The van der Waals surface area contributed by atoms with E-state index in [0.717, 1.165) is 37.2 Å². The number of hydrogen-bond acceptors (Lipinski definition) is 4. The molecule has 1 aliphatic rings. The van der Waals surface area contributed by atoms with Gasteiger partial charge >= 0.3 is 0 Å². The van der Waals surface area contributed by atoms with Gasteiger partial charge in [0.25, 0.3) is 5.91 Å². The van der Waals surface area contributed by atoms with Gasteiger partial charge in [-0.25, -0.2) is 4.98 Å². The van der Waals surface area contributed by atoms with Crippen LogP contribution in [0.3, 0.4) is 0 Å². The van der Waals surface area contributed by atoms with Gasteiger partial charge in [-0.15, -0.1) is 0 Å². The first-order chi connectivity index (χ1) is 10.2. The molecule has 1 aliphatic heterocycles. The van der Waals surface area contributed by atoms with Crippen LogP contribution in [0.25, 0.3) is 0 Å². The number of hydrogen-bond donors (Lipinski definition) is 2. The Bertz CT molecular complexity index is 651. The monoisotopic (exact) mass is 286 g/mol. The maximum Gasteiger partial charge on any atom is 0.269 e. The Labute approximate surface area is 122 Å². The number of carbonyl (C=O) groups is 1. The molecular formula is C15H18N4O2. The lowest BCUT2D eigenvalue weighted by Gasteiger charge is -2.09. The van der Waals surface area contributed by atoms with Gasteiger partial charge in [0.05, 0.1) is 12.4 Å². The van der Waals surface area contributed by atoms with Crippen molar-refractivity contribution in [3.8, 4) is 5.75 Å². The highest BCUT2D eigenvalue weighted by molar-refractivity contribution is 5.92. The zero-order chi connectivity index (χ0) is 14.7. The molecule has 1 amide bonds. The Balaban J connectivity index is 1.70. The Morgan fingerprint density at radius 2 is 2.19 bits per heavy atom. The fourth-order valence-corrected chi connectivity index (χ4v) is 2.62. The largest absolute Gasteiger partial charge is 0.506 e. The predicted molar refractivity (Wildman–Crippen MR) is 76.9 cm³/mol. The third-order valence-electron chi connectivity index (χ3n) is 3.69. The molecule has 3 rings (SSSR count). The van der Waals surface area contributed by atoms with Crippen molar-refractivity contribution in [1.82, 2.24) is 19.9 Å². The van der Waals surface area contributed by atoms with E-state index in [4.69, 9.17) is 0 Å². The molecule has 21 heavy (non-hydrogen) atoms. The van der Waals surface area contributed by atoms with Crippen molar-refractivity contribution < 1.29 is 9.90 Å². The van der Waals surface area contributed by atoms with Crippen LogP contribution in [0, 0.1) is 0 Å². The predicted octanol–water partition coefficient (Wildman–Crippen LogP) is 1.64. The van der Waals surface area contributed by atoms with Gasteiger partial charge in [-0.1, -0.05) is 6.42 Å². The lowest BCUT2D eigenvalue weighted by molar-refractivity contribution is 0.0941. The number of aryl methyl sites for hydroxylation is 1. The molecule has 0 aromatic carbocycles. The number of imidazole rings is 1. The molecule has 0 spiro atoms. The topological polar surface area (TPSA) is 80.0 Å². The van der Waals surface area contributed by atoms with Crippen molar-refractivity contribution >= 4 is 5.91 Å². The summed E-state index contributed by atoms with van der Waals surface area (Å²) in [6.45, 7) is 1.19. The molecule has 0 fully saturated rings. The van der Waals surface area contributed by atoms with E-state index in [2.05, 4.69) is 15.3 Å². The number of nitrogens with one attached hydrogen (secondary N) is 1. The Kier molecular flexibility index (Phi) is 3.85. The first-order valence-corrected chi connectivity index (χ1v) is 7.19. The molecule has 0 aliphatic carbocycles. The molecule has 110 valence electrons. The summed E-state index contributed by atoms with van der Waals surface area (Å²) in [5, 5.41) is 12.2. The third-order valence-corrected chi connectivity index (χ3v) is 3.69. The first kappa shape index (κ1) is 13.6. The average molecular weight is 286 g/mol. The van der Waals surface area contributed by atoms with Crippen LogP contribution in [0.4, 0.5) is 0 Å². The Morgan fingerprint density at radius 1 is 1.29 bits per heavy atom. The number of nitrogens with zero attached hydrogens (tertiary/aromatic N) is 3. The van der Waals surface area contributed by atoms with Gasteiger partial charge in [0.15, 0.2) is 0 Å². The van der Waals surface area contributed by atoms with Crippen LogP contribution in [-0.2, 0) is 19.5 Å². The highest BCUT2D eigenvalue weighted by Crippen LogP contribution is 2.16. The maximum atomic E-state index is 12.3. The summed E-state index contributed by atoms with van der Waals surface area (Å²) in [4.78, 5) is 20.5. The Hall–Kier alpha value is -2.37. The van der Waals surface area contributed by atoms with Crippen molar-refractivity contribution in [2.24, 2.45) is 0 Å². The molecule has 2 aromatic rings. The molecule has 0 bridgehead atoms. The molecule has 2 N–H and O–H groups in total. The Morgan fingerprint density at radius 3 is 3.05 bits per heavy atom. The van der Waals surface area contributed by atoms with E-state index in [-0.39, 0.29) is 11.7 Å². The van der Waals surface area contributed by atoms with Gasteiger partial charge in [-0.3, -0.25) is 9.78 Å². The fourth-order valence-electron chi connectivity index (χ4n) is 2.62. The van der Waals surface area contributed by atoms with Gasteiger partial charge in [0, 0.05) is 25.7 Å². The van der Waals surface area contributed by atoms with E-state index in [1.807, 2.05) is 4.57 Å².